The lowest BCUT2D eigenvalue weighted by Crippen LogP contribution is -2.35. The fourth-order valence-corrected chi connectivity index (χ4v) is 1.38. The molecule has 0 fully saturated rings. The molecule has 0 aliphatic heterocycles. The molecule has 98 valence electrons. The van der Waals surface area contributed by atoms with Gasteiger partial charge in [-0.1, -0.05) is 0 Å². The van der Waals surface area contributed by atoms with Crippen LogP contribution in [0.3, 0.4) is 0 Å². The molecule has 0 radical (unpaired) electrons. The van der Waals surface area contributed by atoms with E-state index in [1.54, 1.807) is 26.0 Å². The zero-order chi connectivity index (χ0) is 13.9. The van der Waals surface area contributed by atoms with Crippen molar-refractivity contribution in [1.29, 1.82) is 5.26 Å². The molecule has 1 rings (SSSR count). The van der Waals surface area contributed by atoms with Crippen LogP contribution in [0.2, 0.25) is 0 Å². The summed E-state index contributed by atoms with van der Waals surface area (Å²) in [6.45, 7) is 1.96. The van der Waals surface area contributed by atoms with E-state index in [0.717, 1.165) is 0 Å². The van der Waals surface area contributed by atoms with Crippen LogP contribution in [0.1, 0.15) is 16.8 Å². The summed E-state index contributed by atoms with van der Waals surface area (Å²) in [5, 5.41) is 11.0. The average molecular weight is 261 g/mol. The molecule has 0 spiro atoms. The summed E-state index contributed by atoms with van der Waals surface area (Å²) < 4.78 is 49.5. The fraction of sp³-hybridized carbons (Fsp3) is 0.455. The summed E-state index contributed by atoms with van der Waals surface area (Å²) >= 11 is 0. The van der Waals surface area contributed by atoms with Crippen molar-refractivity contribution in [3.8, 4) is 6.07 Å². The summed E-state index contributed by atoms with van der Waals surface area (Å²) in [5.41, 5.74) is 1.13. The number of hydrogen-bond donors (Lipinski definition) is 1. The Kier molecular flexibility index (Phi) is 4.11. The molecule has 18 heavy (non-hydrogen) atoms. The molecule has 0 saturated heterocycles. The van der Waals surface area contributed by atoms with E-state index in [9.17, 15) is 17.6 Å². The van der Waals surface area contributed by atoms with Gasteiger partial charge in [-0.2, -0.15) is 14.0 Å². The Bertz CT molecular complexity index is 480. The van der Waals surface area contributed by atoms with E-state index in [0.29, 0.717) is 11.3 Å². The highest BCUT2D eigenvalue weighted by Gasteiger charge is 2.40. The van der Waals surface area contributed by atoms with Crippen LogP contribution in [0.4, 0.5) is 23.4 Å². The van der Waals surface area contributed by atoms with Crippen molar-refractivity contribution in [3.05, 3.63) is 22.9 Å². The van der Waals surface area contributed by atoms with Gasteiger partial charge >= 0.3 is 12.3 Å². The van der Waals surface area contributed by atoms with Gasteiger partial charge in [0.15, 0.2) is 0 Å². The lowest BCUT2D eigenvalue weighted by Gasteiger charge is -2.17. The van der Waals surface area contributed by atoms with Gasteiger partial charge in [0.2, 0.25) is 0 Å². The highest BCUT2D eigenvalue weighted by Crippen LogP contribution is 2.24. The van der Waals surface area contributed by atoms with Gasteiger partial charge in [-0.3, -0.25) is 0 Å². The van der Waals surface area contributed by atoms with E-state index in [1.165, 1.54) is 0 Å². The number of anilines is 1. The molecule has 3 nitrogen and oxygen atoms in total. The van der Waals surface area contributed by atoms with Crippen LogP contribution in [-0.2, 0) is 0 Å². The number of nitriles is 1. The van der Waals surface area contributed by atoms with E-state index in [2.05, 4.69) is 10.3 Å². The number of nitrogens with one attached hydrogen (secondary N) is 1. The van der Waals surface area contributed by atoms with Crippen LogP contribution in [0.5, 0.6) is 0 Å². The first-order chi connectivity index (χ1) is 8.27. The van der Waals surface area contributed by atoms with Gasteiger partial charge in [0, 0.05) is 5.69 Å². The molecule has 0 aliphatic rings. The maximum atomic E-state index is 12.7. The number of aryl methyl sites for hydroxylation is 2. The average Bonchev–Trinajstić information content (AvgIpc) is 2.25. The molecular formula is C11H11F4N3. The Morgan fingerprint density at radius 2 is 2.06 bits per heavy atom. The minimum atomic E-state index is -4.16. The molecule has 0 atom stereocenters. The smallest absolute Gasteiger partial charge is 0.324 e. The molecule has 1 N–H and O–H groups in total. The quantitative estimate of drug-likeness (QED) is 0.848. The van der Waals surface area contributed by atoms with Crippen LogP contribution in [-0.4, -0.2) is 23.9 Å². The molecule has 0 aromatic carbocycles. The largest absolute Gasteiger partial charge is 0.363 e. The molecule has 7 heteroatoms. The first kappa shape index (κ1) is 14.2. The molecule has 1 heterocycles. The summed E-state index contributed by atoms with van der Waals surface area (Å²) in [6.07, 6.45) is -3.76. The number of rotatable bonds is 4. The van der Waals surface area contributed by atoms with Gasteiger partial charge < -0.3 is 5.32 Å². The number of aromatic nitrogens is 1. The van der Waals surface area contributed by atoms with E-state index in [4.69, 9.17) is 5.26 Å². The molecule has 0 bridgehead atoms. The summed E-state index contributed by atoms with van der Waals surface area (Å²) in [6, 6.07) is 3.41. The third-order valence-corrected chi connectivity index (χ3v) is 2.27. The zero-order valence-electron chi connectivity index (χ0n) is 9.77. The molecule has 0 amide bonds. The molecule has 1 aromatic rings. The van der Waals surface area contributed by atoms with Crippen molar-refractivity contribution in [1.82, 2.24) is 4.98 Å². The van der Waals surface area contributed by atoms with Gasteiger partial charge in [-0.25, -0.2) is 13.8 Å². The van der Waals surface area contributed by atoms with E-state index in [1.807, 2.05) is 0 Å². The lowest BCUT2D eigenvalue weighted by molar-refractivity contribution is -0.117. The third-order valence-electron chi connectivity index (χ3n) is 2.27. The zero-order valence-corrected chi connectivity index (χ0v) is 9.77. The third kappa shape index (κ3) is 3.09. The van der Waals surface area contributed by atoms with Crippen molar-refractivity contribution >= 4 is 5.82 Å². The minimum Gasteiger partial charge on any atom is -0.363 e. The van der Waals surface area contributed by atoms with Gasteiger partial charge in [-0.15, -0.1) is 0 Å². The van der Waals surface area contributed by atoms with Crippen LogP contribution >= 0.6 is 0 Å². The van der Waals surface area contributed by atoms with Crippen molar-refractivity contribution in [2.24, 2.45) is 0 Å². The van der Waals surface area contributed by atoms with E-state index < -0.39 is 18.9 Å². The van der Waals surface area contributed by atoms with Crippen molar-refractivity contribution in [2.45, 2.75) is 26.2 Å². The van der Waals surface area contributed by atoms with Crippen LogP contribution in [0.15, 0.2) is 6.07 Å². The van der Waals surface area contributed by atoms with Crippen LogP contribution < -0.4 is 5.32 Å². The molecular weight excluding hydrogens is 250 g/mol. The summed E-state index contributed by atoms with van der Waals surface area (Å²) in [4.78, 5) is 3.86. The Morgan fingerprint density at radius 1 is 1.44 bits per heavy atom. The lowest BCUT2D eigenvalue weighted by atomic mass is 10.1. The first-order valence-corrected chi connectivity index (χ1v) is 5.06. The summed E-state index contributed by atoms with van der Waals surface area (Å²) in [7, 11) is 0. The standard InChI is InChI=1S/C11H11F4N3/c1-6-3-7(2)18-9(8(6)4-16)17-5-11(14,15)10(12)13/h3,10H,5H2,1-2H3,(H,17,18). The predicted octanol–water partition coefficient (Wildman–Crippen LogP) is 2.88. The molecule has 0 aliphatic carbocycles. The highest BCUT2D eigenvalue weighted by atomic mass is 19.3. The number of hydrogen-bond acceptors (Lipinski definition) is 3. The number of halogens is 4. The molecule has 0 unspecified atom stereocenters. The second-order valence-electron chi connectivity index (χ2n) is 3.83. The topological polar surface area (TPSA) is 48.7 Å². The first-order valence-electron chi connectivity index (χ1n) is 5.06. The van der Waals surface area contributed by atoms with Crippen LogP contribution in [0, 0.1) is 25.2 Å². The van der Waals surface area contributed by atoms with Crippen LogP contribution in [0.25, 0.3) is 0 Å². The number of alkyl halides is 4. The maximum absolute atomic E-state index is 12.7. The van der Waals surface area contributed by atoms with E-state index >= 15 is 0 Å². The fourth-order valence-electron chi connectivity index (χ4n) is 1.38. The van der Waals surface area contributed by atoms with Gasteiger partial charge in [-0.05, 0) is 25.5 Å². The van der Waals surface area contributed by atoms with E-state index in [-0.39, 0.29) is 11.4 Å². The second kappa shape index (κ2) is 5.21. The van der Waals surface area contributed by atoms with Gasteiger partial charge in [0.25, 0.3) is 0 Å². The van der Waals surface area contributed by atoms with Gasteiger partial charge in [0.05, 0.1) is 12.1 Å². The number of nitrogens with zero attached hydrogens (tertiary/aromatic N) is 2. The highest BCUT2D eigenvalue weighted by molar-refractivity contribution is 5.56. The minimum absolute atomic E-state index is 0.0747. The van der Waals surface area contributed by atoms with Gasteiger partial charge in [0.1, 0.15) is 11.9 Å². The SMILES string of the molecule is Cc1cc(C)c(C#N)c(NCC(F)(F)C(F)F)n1. The Labute approximate surface area is 101 Å². The maximum Gasteiger partial charge on any atom is 0.324 e. The van der Waals surface area contributed by atoms with Crippen molar-refractivity contribution < 1.29 is 17.6 Å². The predicted molar refractivity (Wildman–Crippen MR) is 57.9 cm³/mol. The Balaban J connectivity index is 2.96. The second-order valence-corrected chi connectivity index (χ2v) is 3.83. The molecule has 1 aromatic heterocycles. The monoisotopic (exact) mass is 261 g/mol. The van der Waals surface area contributed by atoms with Crippen molar-refractivity contribution in [3.63, 3.8) is 0 Å². The Morgan fingerprint density at radius 3 is 2.56 bits per heavy atom. The van der Waals surface area contributed by atoms with Crippen molar-refractivity contribution in [2.75, 3.05) is 11.9 Å². The molecule has 0 saturated carbocycles. The number of pyridine rings is 1. The Hall–Kier alpha value is -1.84. The normalized spacial score (nSPS) is 11.4. The summed E-state index contributed by atoms with van der Waals surface area (Å²) in [5.74, 6) is -4.26.